The predicted octanol–water partition coefficient (Wildman–Crippen LogP) is 4.52. The second-order valence-corrected chi connectivity index (χ2v) is 6.78. The Balaban J connectivity index is 2.23. The van der Waals surface area contributed by atoms with Crippen LogP contribution in [0, 0.1) is 6.92 Å². The zero-order valence-corrected chi connectivity index (χ0v) is 15.8. The van der Waals surface area contributed by atoms with Gasteiger partial charge in [-0.05, 0) is 54.7 Å². The molecule has 140 valence electrons. The van der Waals surface area contributed by atoms with E-state index in [-0.39, 0.29) is 23.4 Å². The third kappa shape index (κ3) is 3.38. The molecule has 2 aromatic carbocycles. The summed E-state index contributed by atoms with van der Waals surface area (Å²) in [4.78, 5) is 0. The molecule has 0 fully saturated rings. The summed E-state index contributed by atoms with van der Waals surface area (Å²) < 4.78 is 1.47. The molecule has 3 N–H and O–H groups in total. The van der Waals surface area contributed by atoms with Crippen LogP contribution < -0.4 is 0 Å². The number of aryl methyl sites for hydroxylation is 1. The summed E-state index contributed by atoms with van der Waals surface area (Å²) in [6.45, 7) is 7.84. The molecule has 0 bridgehead atoms. The zero-order chi connectivity index (χ0) is 19.7. The van der Waals surface area contributed by atoms with E-state index < -0.39 is 0 Å². The summed E-state index contributed by atoms with van der Waals surface area (Å²) in [5.41, 5.74) is 3.84. The van der Waals surface area contributed by atoms with Crippen LogP contribution >= 0.6 is 0 Å². The quantitative estimate of drug-likeness (QED) is 0.632. The maximum atomic E-state index is 10.4. The van der Waals surface area contributed by atoms with Gasteiger partial charge in [0.15, 0.2) is 5.82 Å². The molecule has 0 amide bonds. The molecule has 1 aromatic heterocycles. The van der Waals surface area contributed by atoms with Gasteiger partial charge in [-0.1, -0.05) is 37.2 Å². The van der Waals surface area contributed by atoms with E-state index >= 15 is 0 Å². The molecule has 6 heteroatoms. The van der Waals surface area contributed by atoms with E-state index in [0.717, 1.165) is 11.1 Å². The van der Waals surface area contributed by atoms with Gasteiger partial charge >= 0.3 is 6.01 Å². The van der Waals surface area contributed by atoms with E-state index in [0.29, 0.717) is 22.6 Å². The van der Waals surface area contributed by atoms with Gasteiger partial charge in [0, 0.05) is 6.07 Å². The van der Waals surface area contributed by atoms with Crippen LogP contribution in [0.2, 0.25) is 0 Å². The van der Waals surface area contributed by atoms with Crippen molar-refractivity contribution in [2.24, 2.45) is 0 Å². The summed E-state index contributed by atoms with van der Waals surface area (Å²) in [5, 5.41) is 38.6. The summed E-state index contributed by atoms with van der Waals surface area (Å²) in [6, 6.07) is 8.42. The first-order valence-corrected chi connectivity index (χ1v) is 8.77. The van der Waals surface area contributed by atoms with E-state index in [1.807, 2.05) is 58.0 Å². The van der Waals surface area contributed by atoms with Crippen molar-refractivity contribution in [2.45, 2.75) is 33.6 Å². The molecule has 3 rings (SSSR count). The molecule has 0 radical (unpaired) electrons. The number of allylic oxidation sites excluding steroid dienone is 1. The third-order valence-electron chi connectivity index (χ3n) is 4.52. The number of benzene rings is 2. The van der Waals surface area contributed by atoms with Crippen molar-refractivity contribution in [2.75, 3.05) is 0 Å². The summed E-state index contributed by atoms with van der Waals surface area (Å²) in [6.07, 6.45) is 3.93. The molecule has 0 aliphatic heterocycles. The highest BCUT2D eigenvalue weighted by molar-refractivity contribution is 5.70. The van der Waals surface area contributed by atoms with Crippen LogP contribution in [0.1, 0.15) is 43.4 Å². The first-order valence-electron chi connectivity index (χ1n) is 8.77. The molecule has 0 aliphatic rings. The van der Waals surface area contributed by atoms with Gasteiger partial charge in [-0.25, -0.2) is 4.57 Å². The van der Waals surface area contributed by atoms with Crippen molar-refractivity contribution in [3.8, 4) is 34.6 Å². The normalized spacial score (nSPS) is 11.6. The molecular formula is C21H23N3O3. The van der Waals surface area contributed by atoms with Crippen molar-refractivity contribution in [3.63, 3.8) is 0 Å². The molecule has 6 nitrogen and oxygen atoms in total. The second kappa shape index (κ2) is 7.15. The minimum Gasteiger partial charge on any atom is -0.508 e. The molecule has 0 atom stereocenters. The van der Waals surface area contributed by atoms with Gasteiger partial charge in [-0.3, -0.25) is 0 Å². The Bertz CT molecular complexity index is 1020. The minimum absolute atomic E-state index is 0.0206. The molecule has 0 unspecified atom stereocenters. The number of phenolic OH excluding ortho intramolecular Hbond substituents is 2. The Morgan fingerprint density at radius 2 is 1.74 bits per heavy atom. The van der Waals surface area contributed by atoms with Crippen LogP contribution in [-0.4, -0.2) is 30.1 Å². The molecule has 0 saturated carbocycles. The highest BCUT2D eigenvalue weighted by Gasteiger charge is 2.21. The highest BCUT2D eigenvalue weighted by Crippen LogP contribution is 2.38. The number of nitrogens with zero attached hydrogens (tertiary/aromatic N) is 3. The van der Waals surface area contributed by atoms with Gasteiger partial charge < -0.3 is 15.3 Å². The van der Waals surface area contributed by atoms with Crippen LogP contribution in [0.5, 0.6) is 17.5 Å². The average Bonchev–Trinajstić information content (AvgIpc) is 2.98. The largest absolute Gasteiger partial charge is 0.508 e. The smallest absolute Gasteiger partial charge is 0.319 e. The average molecular weight is 365 g/mol. The first-order chi connectivity index (χ1) is 12.8. The molecule has 1 heterocycles. The van der Waals surface area contributed by atoms with Gasteiger partial charge in [0.05, 0.1) is 11.3 Å². The summed E-state index contributed by atoms with van der Waals surface area (Å²) in [5.74, 6) is 0.232. The van der Waals surface area contributed by atoms with Crippen molar-refractivity contribution in [1.82, 2.24) is 14.8 Å². The zero-order valence-electron chi connectivity index (χ0n) is 15.8. The van der Waals surface area contributed by atoms with Crippen LogP contribution in [-0.2, 0) is 0 Å². The van der Waals surface area contributed by atoms with Crippen LogP contribution in [0.3, 0.4) is 0 Å². The molecular weight excluding hydrogens is 342 g/mol. The van der Waals surface area contributed by atoms with Gasteiger partial charge in [-0.15, -0.1) is 5.10 Å². The predicted molar refractivity (Wildman–Crippen MR) is 105 cm³/mol. The minimum atomic E-state index is -0.279. The van der Waals surface area contributed by atoms with E-state index in [1.165, 1.54) is 10.6 Å². The standard InChI is InChI=1S/C21H23N3O3/c1-5-6-14-9-15(8-7-13(14)4)24-20(22-23-21(24)27)17-10-16(12(2)3)18(25)11-19(17)26/h5-12,25-26H,1-4H3,(H,23,27)/b6-5-. The fourth-order valence-electron chi connectivity index (χ4n) is 3.05. The molecule has 0 aliphatic carbocycles. The number of aromatic hydroxyl groups is 3. The molecule has 0 saturated heterocycles. The SMILES string of the molecule is C/C=C\c1cc(-n2c(O)nnc2-c2cc(C(C)C)c(O)cc2O)ccc1C. The highest BCUT2D eigenvalue weighted by atomic mass is 16.3. The topological polar surface area (TPSA) is 91.4 Å². The van der Waals surface area contributed by atoms with Crippen molar-refractivity contribution < 1.29 is 15.3 Å². The first kappa shape index (κ1) is 18.5. The number of rotatable bonds is 4. The van der Waals surface area contributed by atoms with Gasteiger partial charge in [0.25, 0.3) is 0 Å². The van der Waals surface area contributed by atoms with Crippen molar-refractivity contribution >= 4 is 6.08 Å². The fourth-order valence-corrected chi connectivity index (χ4v) is 3.05. The maximum Gasteiger partial charge on any atom is 0.319 e. The third-order valence-corrected chi connectivity index (χ3v) is 4.52. The molecule has 0 spiro atoms. The summed E-state index contributed by atoms with van der Waals surface area (Å²) in [7, 11) is 0. The molecule has 27 heavy (non-hydrogen) atoms. The lowest BCUT2D eigenvalue weighted by Crippen LogP contribution is -2.00. The van der Waals surface area contributed by atoms with Crippen molar-refractivity contribution in [3.05, 3.63) is 53.1 Å². The number of hydrogen-bond donors (Lipinski definition) is 3. The molecule has 3 aromatic rings. The van der Waals surface area contributed by atoms with Crippen LogP contribution in [0.25, 0.3) is 23.2 Å². The van der Waals surface area contributed by atoms with Gasteiger partial charge in [-0.2, -0.15) is 0 Å². The van der Waals surface area contributed by atoms with Crippen molar-refractivity contribution in [1.29, 1.82) is 0 Å². The number of phenols is 2. The Kier molecular flexibility index (Phi) is 4.90. The van der Waals surface area contributed by atoms with Crippen LogP contribution in [0.4, 0.5) is 0 Å². The van der Waals surface area contributed by atoms with Gasteiger partial charge in [0.1, 0.15) is 11.5 Å². The Labute approximate surface area is 158 Å². The second-order valence-electron chi connectivity index (χ2n) is 6.78. The number of hydrogen-bond acceptors (Lipinski definition) is 5. The Morgan fingerprint density at radius 3 is 2.41 bits per heavy atom. The fraction of sp³-hybridized carbons (Fsp3) is 0.238. The van der Waals surface area contributed by atoms with E-state index in [9.17, 15) is 15.3 Å². The Morgan fingerprint density at radius 1 is 1.00 bits per heavy atom. The summed E-state index contributed by atoms with van der Waals surface area (Å²) >= 11 is 0. The monoisotopic (exact) mass is 365 g/mol. The lowest BCUT2D eigenvalue weighted by atomic mass is 9.98. The maximum absolute atomic E-state index is 10.4. The van der Waals surface area contributed by atoms with Crippen LogP contribution in [0.15, 0.2) is 36.4 Å². The number of aromatic nitrogens is 3. The van der Waals surface area contributed by atoms with E-state index in [4.69, 9.17) is 0 Å². The van der Waals surface area contributed by atoms with E-state index in [2.05, 4.69) is 10.2 Å². The lowest BCUT2D eigenvalue weighted by Gasteiger charge is -2.14. The lowest BCUT2D eigenvalue weighted by molar-refractivity contribution is 0.420. The Hall–Kier alpha value is -3.28. The van der Waals surface area contributed by atoms with Gasteiger partial charge in [0.2, 0.25) is 0 Å². The van der Waals surface area contributed by atoms with E-state index in [1.54, 1.807) is 6.07 Å².